The molecule has 1 amide bonds. The van der Waals surface area contributed by atoms with Crippen LogP contribution in [-0.2, 0) is 10.0 Å². The summed E-state index contributed by atoms with van der Waals surface area (Å²) in [6.45, 7) is 0. The Bertz CT molecular complexity index is 1460. The van der Waals surface area contributed by atoms with Gasteiger partial charge in [0.25, 0.3) is 15.9 Å². The number of hydrogen-bond donors (Lipinski definition) is 2. The van der Waals surface area contributed by atoms with Crippen LogP contribution in [0.25, 0.3) is 10.8 Å². The summed E-state index contributed by atoms with van der Waals surface area (Å²) in [5.74, 6) is 0.0602. The van der Waals surface area contributed by atoms with Crippen LogP contribution in [0.3, 0.4) is 0 Å². The van der Waals surface area contributed by atoms with Gasteiger partial charge in [-0.15, -0.1) is 0 Å². The molecule has 4 rings (SSSR count). The Morgan fingerprint density at radius 1 is 0.879 bits per heavy atom. The van der Waals surface area contributed by atoms with Gasteiger partial charge in [-0.25, -0.2) is 8.42 Å². The lowest BCUT2D eigenvalue weighted by molar-refractivity contribution is 0.102. The van der Waals surface area contributed by atoms with Crippen molar-refractivity contribution >= 4 is 61.3 Å². The van der Waals surface area contributed by atoms with Gasteiger partial charge in [-0.1, -0.05) is 53.5 Å². The lowest BCUT2D eigenvalue weighted by atomic mass is 10.1. The number of methoxy groups -OCH3 is 1. The molecule has 4 aromatic carbocycles. The highest BCUT2D eigenvalue weighted by Crippen LogP contribution is 2.31. The zero-order valence-corrected chi connectivity index (χ0v) is 19.6. The minimum absolute atomic E-state index is 0.000160. The van der Waals surface area contributed by atoms with Gasteiger partial charge in [0.15, 0.2) is 0 Å². The third-order valence-electron chi connectivity index (χ3n) is 4.93. The zero-order valence-electron chi connectivity index (χ0n) is 17.3. The Balaban J connectivity index is 1.55. The first-order chi connectivity index (χ1) is 15.8. The van der Waals surface area contributed by atoms with Crippen molar-refractivity contribution in [2.24, 2.45) is 0 Å². The summed E-state index contributed by atoms with van der Waals surface area (Å²) in [6.07, 6.45) is 0. The Morgan fingerprint density at radius 3 is 2.21 bits per heavy atom. The topological polar surface area (TPSA) is 84.5 Å². The maximum Gasteiger partial charge on any atom is 0.261 e. The number of sulfonamides is 1. The van der Waals surface area contributed by atoms with Gasteiger partial charge in [0.1, 0.15) is 5.75 Å². The molecule has 9 heteroatoms. The molecule has 0 saturated heterocycles. The van der Waals surface area contributed by atoms with E-state index in [1.165, 1.54) is 37.4 Å². The number of benzene rings is 4. The van der Waals surface area contributed by atoms with Crippen LogP contribution in [0.2, 0.25) is 10.0 Å². The van der Waals surface area contributed by atoms with E-state index in [9.17, 15) is 13.2 Å². The quantitative estimate of drug-likeness (QED) is 0.329. The van der Waals surface area contributed by atoms with Gasteiger partial charge in [0.2, 0.25) is 0 Å². The molecule has 0 atom stereocenters. The summed E-state index contributed by atoms with van der Waals surface area (Å²) in [5, 5.41) is 4.96. The fourth-order valence-electron chi connectivity index (χ4n) is 3.27. The molecule has 168 valence electrons. The van der Waals surface area contributed by atoms with Crippen molar-refractivity contribution in [3.8, 4) is 5.75 Å². The van der Waals surface area contributed by atoms with Crippen molar-refractivity contribution in [2.45, 2.75) is 4.90 Å². The minimum Gasteiger partial charge on any atom is -0.496 e. The third-order valence-corrected chi connectivity index (χ3v) is 7.13. The van der Waals surface area contributed by atoms with Gasteiger partial charge >= 0.3 is 0 Å². The smallest absolute Gasteiger partial charge is 0.261 e. The summed E-state index contributed by atoms with van der Waals surface area (Å²) < 4.78 is 33.2. The van der Waals surface area contributed by atoms with Gasteiger partial charge in [0.05, 0.1) is 33.3 Å². The number of nitrogens with one attached hydrogen (secondary N) is 2. The molecule has 0 aromatic heterocycles. The van der Waals surface area contributed by atoms with Gasteiger partial charge < -0.3 is 10.1 Å². The Morgan fingerprint density at radius 2 is 1.55 bits per heavy atom. The van der Waals surface area contributed by atoms with E-state index < -0.39 is 10.0 Å². The number of hydrogen-bond acceptors (Lipinski definition) is 4. The Kier molecular flexibility index (Phi) is 6.47. The van der Waals surface area contributed by atoms with Crippen molar-refractivity contribution in [1.29, 1.82) is 0 Å². The number of halogens is 2. The molecule has 0 aliphatic carbocycles. The van der Waals surface area contributed by atoms with E-state index in [-0.39, 0.29) is 26.5 Å². The number of anilines is 2. The number of fused-ring (bicyclic) bond motifs is 1. The average molecular weight is 501 g/mol. The molecule has 33 heavy (non-hydrogen) atoms. The largest absolute Gasteiger partial charge is 0.496 e. The molecule has 0 bridgehead atoms. The molecular formula is C24H18Cl2N2O4S. The molecule has 6 nitrogen and oxygen atoms in total. The SMILES string of the molecule is COc1cc2ccccc2cc1C(=O)Nc1ccc(S(=O)(=O)Nc2cccc(Cl)c2Cl)cc1. The van der Waals surface area contributed by atoms with Gasteiger partial charge in [-0.3, -0.25) is 9.52 Å². The fraction of sp³-hybridized carbons (Fsp3) is 0.0417. The highest BCUT2D eigenvalue weighted by Gasteiger charge is 2.18. The van der Waals surface area contributed by atoms with E-state index in [0.29, 0.717) is 17.0 Å². The second-order valence-corrected chi connectivity index (χ2v) is 9.55. The average Bonchev–Trinajstić information content (AvgIpc) is 2.81. The monoisotopic (exact) mass is 500 g/mol. The first-order valence-corrected chi connectivity index (χ1v) is 12.0. The highest BCUT2D eigenvalue weighted by atomic mass is 35.5. The zero-order chi connectivity index (χ0) is 23.6. The van der Waals surface area contributed by atoms with E-state index in [1.807, 2.05) is 24.3 Å². The van der Waals surface area contributed by atoms with Crippen LogP contribution in [0.15, 0.2) is 83.8 Å². The predicted molar refractivity (Wildman–Crippen MR) is 132 cm³/mol. The molecule has 0 fully saturated rings. The van der Waals surface area contributed by atoms with Crippen LogP contribution >= 0.6 is 23.2 Å². The first kappa shape index (κ1) is 22.9. The van der Waals surface area contributed by atoms with Crippen LogP contribution in [0, 0.1) is 0 Å². The normalized spacial score (nSPS) is 11.2. The Labute approximate surface area is 201 Å². The van der Waals surface area contributed by atoms with Crippen LogP contribution in [0.4, 0.5) is 11.4 Å². The highest BCUT2D eigenvalue weighted by molar-refractivity contribution is 7.92. The van der Waals surface area contributed by atoms with Crippen LogP contribution < -0.4 is 14.8 Å². The van der Waals surface area contributed by atoms with Gasteiger partial charge in [-0.2, -0.15) is 0 Å². The van der Waals surface area contributed by atoms with Crippen LogP contribution in [0.1, 0.15) is 10.4 Å². The molecule has 0 unspecified atom stereocenters. The van der Waals surface area contributed by atoms with Crippen LogP contribution in [-0.4, -0.2) is 21.4 Å². The summed E-state index contributed by atoms with van der Waals surface area (Å²) in [6, 6.07) is 21.6. The maximum atomic E-state index is 12.9. The molecule has 2 N–H and O–H groups in total. The third kappa shape index (κ3) is 4.90. The molecule has 0 saturated carbocycles. The Hall–Kier alpha value is -3.26. The molecule has 4 aromatic rings. The maximum absolute atomic E-state index is 12.9. The van der Waals surface area contributed by atoms with E-state index in [2.05, 4.69) is 10.0 Å². The van der Waals surface area contributed by atoms with Crippen molar-refractivity contribution in [2.75, 3.05) is 17.1 Å². The van der Waals surface area contributed by atoms with E-state index in [4.69, 9.17) is 27.9 Å². The molecule has 0 aliphatic heterocycles. The fourth-order valence-corrected chi connectivity index (χ4v) is 4.74. The van der Waals surface area contributed by atoms with Crippen molar-refractivity contribution in [1.82, 2.24) is 0 Å². The summed E-state index contributed by atoms with van der Waals surface area (Å²) in [7, 11) is -2.41. The molecule has 0 radical (unpaired) electrons. The second-order valence-electron chi connectivity index (χ2n) is 7.09. The minimum atomic E-state index is -3.91. The first-order valence-electron chi connectivity index (χ1n) is 9.73. The summed E-state index contributed by atoms with van der Waals surface area (Å²) in [5.41, 5.74) is 0.963. The second kappa shape index (κ2) is 9.31. The number of carbonyl (C=O) groups is 1. The van der Waals surface area contributed by atoms with E-state index >= 15 is 0 Å². The summed E-state index contributed by atoms with van der Waals surface area (Å²) in [4.78, 5) is 12.9. The lowest BCUT2D eigenvalue weighted by Crippen LogP contribution is -2.15. The summed E-state index contributed by atoms with van der Waals surface area (Å²) >= 11 is 12.0. The number of rotatable bonds is 6. The van der Waals surface area contributed by atoms with Crippen molar-refractivity contribution < 1.29 is 17.9 Å². The van der Waals surface area contributed by atoms with Gasteiger partial charge in [0, 0.05) is 5.69 Å². The van der Waals surface area contributed by atoms with Crippen molar-refractivity contribution in [3.63, 3.8) is 0 Å². The lowest BCUT2D eigenvalue weighted by Gasteiger charge is -2.12. The number of carbonyl (C=O) groups excluding carboxylic acids is 1. The number of amides is 1. The van der Waals surface area contributed by atoms with Gasteiger partial charge in [-0.05, 0) is 59.3 Å². The number of ether oxygens (including phenoxy) is 1. The van der Waals surface area contributed by atoms with Crippen LogP contribution in [0.5, 0.6) is 5.75 Å². The predicted octanol–water partition coefficient (Wildman–Crippen LogP) is 6.21. The molecule has 0 spiro atoms. The van der Waals surface area contributed by atoms with E-state index in [0.717, 1.165) is 10.8 Å². The standard InChI is InChI=1S/C24H18Cl2N2O4S/c1-32-22-14-16-6-3-2-5-15(16)13-19(22)24(29)27-17-9-11-18(12-10-17)33(30,31)28-21-8-4-7-20(25)23(21)26/h2-14,28H,1H3,(H,27,29). The van der Waals surface area contributed by atoms with E-state index in [1.54, 1.807) is 24.3 Å². The molecular weight excluding hydrogens is 483 g/mol. The van der Waals surface area contributed by atoms with Crippen molar-refractivity contribution in [3.05, 3.63) is 94.5 Å². The molecule has 0 aliphatic rings. The molecule has 0 heterocycles.